The molecule has 8 nitrogen and oxygen atoms in total. The number of hydrogen-bond donors (Lipinski definition) is 2. The number of anilines is 1. The van der Waals surface area contributed by atoms with Crippen LogP contribution < -0.4 is 10.6 Å². The molecule has 0 radical (unpaired) electrons. The number of alkyl halides is 3. The molecule has 2 aliphatic carbocycles. The Morgan fingerprint density at radius 2 is 2.06 bits per heavy atom. The van der Waals surface area contributed by atoms with Crippen molar-refractivity contribution in [1.82, 2.24) is 14.9 Å². The molecule has 2 atom stereocenters. The highest BCUT2D eigenvalue weighted by atomic mass is 19.4. The number of halogens is 3. The third-order valence-electron chi connectivity index (χ3n) is 6.12. The molecular weight excluding hydrogens is 425 g/mol. The summed E-state index contributed by atoms with van der Waals surface area (Å²) in [5, 5.41) is 0. The van der Waals surface area contributed by atoms with Crippen LogP contribution in [0.5, 0.6) is 0 Å². The Bertz CT molecular complexity index is 1010. The lowest BCUT2D eigenvalue weighted by Gasteiger charge is -2.39. The Hall–Kier alpha value is -2.82. The van der Waals surface area contributed by atoms with Crippen LogP contribution in [0, 0.1) is 0 Å². The highest BCUT2D eigenvalue weighted by Crippen LogP contribution is 2.44. The molecule has 1 saturated carbocycles. The van der Waals surface area contributed by atoms with E-state index >= 15 is 0 Å². The number of aromatic nitrogens is 2. The number of carbonyl (C=O) groups excluding carboxylic acids is 1. The first-order valence-electron chi connectivity index (χ1n) is 10.8. The standard InChI is InChI=1S/C19H21F3N6O2.C2H6/c1-27-16(29)14-15(28-17(27)24-12-3-2-8-18(12,28)23)26-13(25-14)9-10-4-6-11(7-5-10)30-19(20,21)22;1-2/h4,6,12H,2-3,5,7-9,23H2,1H3,(H,25,26);1-2H3/t12-,18+;/m1./s1. The normalized spacial score (nSPS) is 26.4. The molecule has 32 heavy (non-hydrogen) atoms. The predicted molar refractivity (Wildman–Crippen MR) is 113 cm³/mol. The van der Waals surface area contributed by atoms with Crippen molar-refractivity contribution in [3.05, 3.63) is 35.0 Å². The lowest BCUT2D eigenvalue weighted by Crippen LogP contribution is -2.63. The molecule has 3 N–H and O–H groups in total. The van der Waals surface area contributed by atoms with E-state index in [4.69, 9.17) is 5.73 Å². The Kier molecular flexibility index (Phi) is 5.56. The van der Waals surface area contributed by atoms with Gasteiger partial charge in [0.15, 0.2) is 5.82 Å². The van der Waals surface area contributed by atoms with Crippen LogP contribution >= 0.6 is 0 Å². The molecule has 2 aliphatic heterocycles. The number of ether oxygens (including phenoxy) is 1. The van der Waals surface area contributed by atoms with Crippen molar-refractivity contribution < 1.29 is 22.7 Å². The molecule has 1 amide bonds. The van der Waals surface area contributed by atoms with Gasteiger partial charge in [-0.05, 0) is 31.8 Å². The second-order valence-electron chi connectivity index (χ2n) is 8.09. The summed E-state index contributed by atoms with van der Waals surface area (Å²) in [5.74, 6) is 1.21. The summed E-state index contributed by atoms with van der Waals surface area (Å²) in [5.41, 5.74) is 7.26. The topological polar surface area (TPSA) is 99.8 Å². The summed E-state index contributed by atoms with van der Waals surface area (Å²) in [7, 11) is 1.67. The zero-order valence-electron chi connectivity index (χ0n) is 18.3. The number of amides is 1. The maximum absolute atomic E-state index is 12.8. The highest BCUT2D eigenvalue weighted by Gasteiger charge is 2.56. The number of allylic oxidation sites excluding steroid dienone is 4. The first kappa shape index (κ1) is 22.4. The molecule has 174 valence electrons. The van der Waals surface area contributed by atoms with E-state index in [1.165, 1.54) is 11.0 Å². The predicted octanol–water partition coefficient (Wildman–Crippen LogP) is 3.59. The van der Waals surface area contributed by atoms with E-state index < -0.39 is 12.0 Å². The van der Waals surface area contributed by atoms with Gasteiger partial charge in [-0.2, -0.15) is 0 Å². The monoisotopic (exact) mass is 452 g/mol. The fraction of sp³-hybridized carbons (Fsp3) is 0.571. The van der Waals surface area contributed by atoms with Crippen LogP contribution in [0.15, 0.2) is 28.5 Å². The molecule has 11 heteroatoms. The van der Waals surface area contributed by atoms with Crippen molar-refractivity contribution in [3.63, 3.8) is 0 Å². The molecular formula is C21H27F3N6O2. The van der Waals surface area contributed by atoms with Gasteiger partial charge in [-0.3, -0.25) is 14.6 Å². The van der Waals surface area contributed by atoms with Crippen molar-refractivity contribution in [2.75, 3.05) is 11.9 Å². The molecule has 4 aliphatic rings. The fourth-order valence-electron chi connectivity index (χ4n) is 4.67. The van der Waals surface area contributed by atoms with Gasteiger partial charge in [0.05, 0.1) is 6.04 Å². The van der Waals surface area contributed by atoms with Gasteiger partial charge < -0.3 is 15.5 Å². The van der Waals surface area contributed by atoms with Crippen LogP contribution in [-0.2, 0) is 11.2 Å². The number of carbonyl (C=O) groups is 1. The van der Waals surface area contributed by atoms with Gasteiger partial charge in [0.2, 0.25) is 5.96 Å². The molecule has 0 bridgehead atoms. The zero-order chi connectivity index (χ0) is 23.3. The lowest BCUT2D eigenvalue weighted by atomic mass is 10.0. The molecule has 0 unspecified atom stereocenters. The maximum atomic E-state index is 12.8. The molecule has 0 saturated heterocycles. The zero-order valence-corrected chi connectivity index (χ0v) is 18.3. The third kappa shape index (κ3) is 3.68. The minimum Gasteiger partial charge on any atom is -0.410 e. The van der Waals surface area contributed by atoms with Gasteiger partial charge in [0.25, 0.3) is 5.91 Å². The van der Waals surface area contributed by atoms with Crippen LogP contribution in [-0.4, -0.2) is 51.8 Å². The lowest BCUT2D eigenvalue weighted by molar-refractivity contribution is -0.306. The number of guanidine groups is 1. The van der Waals surface area contributed by atoms with E-state index in [0.717, 1.165) is 24.8 Å². The number of H-pyrrole nitrogens is 1. The Balaban J connectivity index is 0.00000119. The molecule has 0 aromatic carbocycles. The van der Waals surface area contributed by atoms with Crippen molar-refractivity contribution >= 4 is 17.7 Å². The number of rotatable bonds is 3. The van der Waals surface area contributed by atoms with Crippen molar-refractivity contribution in [3.8, 4) is 0 Å². The summed E-state index contributed by atoms with van der Waals surface area (Å²) >= 11 is 0. The van der Waals surface area contributed by atoms with Crippen LogP contribution in [0.3, 0.4) is 0 Å². The van der Waals surface area contributed by atoms with Crippen molar-refractivity contribution in [2.45, 2.75) is 70.4 Å². The first-order valence-corrected chi connectivity index (χ1v) is 10.8. The average molecular weight is 452 g/mol. The number of fused-ring (bicyclic) bond motifs is 5. The smallest absolute Gasteiger partial charge is 0.410 e. The van der Waals surface area contributed by atoms with Gasteiger partial charge in [-0.1, -0.05) is 25.5 Å². The summed E-state index contributed by atoms with van der Waals surface area (Å²) in [6.07, 6.45) is 1.80. The minimum absolute atomic E-state index is 0.0768. The molecule has 1 fully saturated rings. The quantitative estimate of drug-likeness (QED) is 0.730. The van der Waals surface area contributed by atoms with Gasteiger partial charge in [-0.15, -0.1) is 13.2 Å². The van der Waals surface area contributed by atoms with Gasteiger partial charge >= 0.3 is 6.36 Å². The molecule has 5 rings (SSSR count). The Labute approximate surface area is 184 Å². The molecule has 0 spiro atoms. The number of aliphatic imine (C=N–C) groups is 1. The minimum atomic E-state index is -4.69. The first-order chi connectivity index (χ1) is 15.2. The van der Waals surface area contributed by atoms with Crippen LogP contribution in [0.1, 0.15) is 62.3 Å². The van der Waals surface area contributed by atoms with Gasteiger partial charge in [0, 0.05) is 19.9 Å². The SMILES string of the molecule is CC.CN1C(=O)c2[nH]c(CC3=CC=C(OC(F)(F)F)CC3)nc2N2C1=N[C@@H]1CCC[C@@]12N. The molecule has 1 aromatic heterocycles. The summed E-state index contributed by atoms with van der Waals surface area (Å²) in [6, 6.07) is -0.0768. The number of aromatic amines is 1. The second kappa shape index (κ2) is 7.95. The number of hydrogen-bond acceptors (Lipinski definition) is 6. The second-order valence-corrected chi connectivity index (χ2v) is 8.09. The van der Waals surface area contributed by atoms with Crippen molar-refractivity contribution in [1.29, 1.82) is 0 Å². The molecule has 3 heterocycles. The number of nitrogens with two attached hydrogens (primary N) is 1. The van der Waals surface area contributed by atoms with E-state index in [-0.39, 0.29) is 24.1 Å². The van der Waals surface area contributed by atoms with Crippen LogP contribution in [0.25, 0.3) is 0 Å². The Morgan fingerprint density at radius 1 is 1.31 bits per heavy atom. The summed E-state index contributed by atoms with van der Waals surface area (Å²) in [4.78, 5) is 28.6. The largest absolute Gasteiger partial charge is 0.572 e. The van der Waals surface area contributed by atoms with E-state index in [9.17, 15) is 18.0 Å². The van der Waals surface area contributed by atoms with E-state index in [0.29, 0.717) is 36.1 Å². The molecule has 1 aromatic rings. The highest BCUT2D eigenvalue weighted by molar-refractivity contribution is 6.18. The van der Waals surface area contributed by atoms with Gasteiger partial charge in [-0.25, -0.2) is 9.98 Å². The third-order valence-corrected chi connectivity index (χ3v) is 6.12. The maximum Gasteiger partial charge on any atom is 0.572 e. The van der Waals surface area contributed by atoms with E-state index in [1.807, 2.05) is 18.7 Å². The van der Waals surface area contributed by atoms with E-state index in [1.54, 1.807) is 13.1 Å². The average Bonchev–Trinajstić information content (AvgIpc) is 3.39. The number of nitrogens with zero attached hydrogens (tertiary/aromatic N) is 4. The number of imidazole rings is 1. The van der Waals surface area contributed by atoms with Crippen LogP contribution in [0.4, 0.5) is 19.0 Å². The van der Waals surface area contributed by atoms with E-state index in [2.05, 4.69) is 19.7 Å². The van der Waals surface area contributed by atoms with Crippen LogP contribution in [0.2, 0.25) is 0 Å². The summed E-state index contributed by atoms with van der Waals surface area (Å²) in [6.45, 7) is 4.00. The Morgan fingerprint density at radius 3 is 2.72 bits per heavy atom. The number of nitrogens with one attached hydrogen (secondary N) is 1. The summed E-state index contributed by atoms with van der Waals surface area (Å²) < 4.78 is 41.0. The fourth-order valence-corrected chi connectivity index (χ4v) is 4.67. The van der Waals surface area contributed by atoms with Crippen molar-refractivity contribution in [2.24, 2.45) is 10.7 Å². The van der Waals surface area contributed by atoms with Gasteiger partial charge in [0.1, 0.15) is 22.9 Å².